The number of rotatable bonds is 7. The second-order valence-corrected chi connectivity index (χ2v) is 4.01. The zero-order chi connectivity index (χ0) is 13.5. The molecule has 0 aliphatic rings. The van der Waals surface area contributed by atoms with Gasteiger partial charge in [0, 0.05) is 13.7 Å². The fourth-order valence-electron chi connectivity index (χ4n) is 1.81. The van der Waals surface area contributed by atoms with Crippen LogP contribution in [0.4, 0.5) is 5.69 Å². The summed E-state index contributed by atoms with van der Waals surface area (Å²) in [5.74, 6) is -0.0769. The molecule has 18 heavy (non-hydrogen) atoms. The summed E-state index contributed by atoms with van der Waals surface area (Å²) in [4.78, 5) is 11.7. The number of aromatic nitrogens is 2. The van der Waals surface area contributed by atoms with Gasteiger partial charge in [0.1, 0.15) is 6.54 Å². The van der Waals surface area contributed by atoms with E-state index >= 15 is 0 Å². The maximum absolute atomic E-state index is 11.7. The van der Waals surface area contributed by atoms with Gasteiger partial charge in [0.25, 0.3) is 0 Å². The molecule has 0 aromatic carbocycles. The second kappa shape index (κ2) is 7.00. The highest BCUT2D eigenvalue weighted by Gasteiger charge is 2.14. The molecule has 1 rings (SSSR count). The number of aryl methyl sites for hydroxylation is 1. The number of nitrogens with one attached hydrogen (secondary N) is 1. The van der Waals surface area contributed by atoms with E-state index in [0.717, 1.165) is 24.2 Å². The zero-order valence-corrected chi connectivity index (χ0v) is 11.3. The number of amides is 1. The summed E-state index contributed by atoms with van der Waals surface area (Å²) in [6.07, 6.45) is 1.54. The smallest absolute Gasteiger partial charge is 0.241 e. The van der Waals surface area contributed by atoms with E-state index < -0.39 is 0 Å². The molecule has 1 aromatic heterocycles. The molecule has 0 saturated heterocycles. The maximum Gasteiger partial charge on any atom is 0.241 e. The number of nitrogens with two attached hydrogens (primary N) is 1. The first kappa shape index (κ1) is 14.5. The minimum absolute atomic E-state index is 0.0769. The first-order valence-corrected chi connectivity index (χ1v) is 6.23. The Morgan fingerprint density at radius 2 is 2.17 bits per heavy atom. The fourth-order valence-corrected chi connectivity index (χ4v) is 1.81. The van der Waals surface area contributed by atoms with Gasteiger partial charge in [-0.05, 0) is 12.8 Å². The van der Waals surface area contributed by atoms with Crippen molar-refractivity contribution in [2.24, 2.45) is 0 Å². The van der Waals surface area contributed by atoms with Crippen LogP contribution in [0.3, 0.4) is 0 Å². The van der Waals surface area contributed by atoms with Crippen molar-refractivity contribution in [1.82, 2.24) is 15.1 Å². The lowest BCUT2D eigenvalue weighted by Crippen LogP contribution is -2.31. The number of methoxy groups -OCH3 is 1. The van der Waals surface area contributed by atoms with E-state index in [9.17, 15) is 4.79 Å². The number of hydrogen-bond donors (Lipinski definition) is 2. The largest absolute Gasteiger partial charge is 0.396 e. The normalized spacial score (nSPS) is 10.6. The van der Waals surface area contributed by atoms with Crippen molar-refractivity contribution >= 4 is 11.6 Å². The van der Waals surface area contributed by atoms with Crippen LogP contribution in [0, 0.1) is 0 Å². The quantitative estimate of drug-likeness (QED) is 0.688. The Morgan fingerprint density at radius 3 is 2.72 bits per heavy atom. The monoisotopic (exact) mass is 254 g/mol. The van der Waals surface area contributed by atoms with Crippen LogP contribution in [0.1, 0.15) is 25.2 Å². The van der Waals surface area contributed by atoms with Crippen molar-refractivity contribution in [3.63, 3.8) is 0 Å². The van der Waals surface area contributed by atoms with Crippen molar-refractivity contribution < 1.29 is 9.53 Å². The Labute approximate surface area is 107 Å². The predicted octanol–water partition coefficient (Wildman–Crippen LogP) is 0.353. The summed E-state index contributed by atoms with van der Waals surface area (Å²) >= 11 is 0. The molecule has 0 radical (unpaired) electrons. The van der Waals surface area contributed by atoms with Crippen LogP contribution in [0.25, 0.3) is 0 Å². The van der Waals surface area contributed by atoms with Crippen LogP contribution in [0.5, 0.6) is 0 Å². The minimum atomic E-state index is -0.0769. The number of carbonyl (C=O) groups is 1. The predicted molar refractivity (Wildman–Crippen MR) is 70.3 cm³/mol. The van der Waals surface area contributed by atoms with Gasteiger partial charge >= 0.3 is 0 Å². The van der Waals surface area contributed by atoms with Gasteiger partial charge in [-0.3, -0.25) is 9.48 Å². The summed E-state index contributed by atoms with van der Waals surface area (Å²) in [5.41, 5.74) is 8.48. The van der Waals surface area contributed by atoms with Gasteiger partial charge in [-0.15, -0.1) is 0 Å². The van der Waals surface area contributed by atoms with Crippen LogP contribution in [0.2, 0.25) is 0 Å². The van der Waals surface area contributed by atoms with Gasteiger partial charge in [-0.1, -0.05) is 13.8 Å². The lowest BCUT2D eigenvalue weighted by molar-refractivity contribution is -0.122. The van der Waals surface area contributed by atoms with Crippen molar-refractivity contribution in [3.8, 4) is 0 Å². The summed E-state index contributed by atoms with van der Waals surface area (Å²) < 4.78 is 6.56. The summed E-state index contributed by atoms with van der Waals surface area (Å²) in [6.45, 7) is 5.23. The minimum Gasteiger partial charge on any atom is -0.396 e. The summed E-state index contributed by atoms with van der Waals surface area (Å²) in [7, 11) is 1.60. The SMILES string of the molecule is CCc1nn(CC(=O)NCCOC)c(CC)c1N. The molecule has 6 nitrogen and oxygen atoms in total. The van der Waals surface area contributed by atoms with Crippen LogP contribution in [-0.4, -0.2) is 35.9 Å². The molecule has 0 fully saturated rings. The molecule has 1 aromatic rings. The average molecular weight is 254 g/mol. The Kier molecular flexibility index (Phi) is 5.64. The van der Waals surface area contributed by atoms with Gasteiger partial charge in [0.15, 0.2) is 0 Å². The molecule has 0 unspecified atom stereocenters. The molecule has 0 spiro atoms. The molecule has 1 amide bonds. The van der Waals surface area contributed by atoms with E-state index in [1.807, 2.05) is 13.8 Å². The van der Waals surface area contributed by atoms with Crippen LogP contribution < -0.4 is 11.1 Å². The molecule has 0 aliphatic heterocycles. The molecule has 0 saturated carbocycles. The molecule has 0 aliphatic carbocycles. The molecule has 0 atom stereocenters. The first-order valence-electron chi connectivity index (χ1n) is 6.23. The third-order valence-electron chi connectivity index (χ3n) is 2.77. The molecule has 6 heteroatoms. The third-order valence-corrected chi connectivity index (χ3v) is 2.77. The van der Waals surface area contributed by atoms with E-state index in [1.54, 1.807) is 11.8 Å². The molecule has 3 N–H and O–H groups in total. The Morgan fingerprint density at radius 1 is 1.44 bits per heavy atom. The molecule has 0 bridgehead atoms. The van der Waals surface area contributed by atoms with Gasteiger partial charge in [0.05, 0.1) is 23.7 Å². The molecule has 1 heterocycles. The fraction of sp³-hybridized carbons (Fsp3) is 0.667. The average Bonchev–Trinajstić information content (AvgIpc) is 2.65. The van der Waals surface area contributed by atoms with Crippen molar-refractivity contribution in [2.45, 2.75) is 33.2 Å². The topological polar surface area (TPSA) is 82.2 Å². The Hall–Kier alpha value is -1.56. The molecular weight excluding hydrogens is 232 g/mol. The van der Waals surface area contributed by atoms with Crippen molar-refractivity contribution in [1.29, 1.82) is 0 Å². The Bertz CT molecular complexity index is 401. The number of anilines is 1. The number of ether oxygens (including phenoxy) is 1. The van der Waals surface area contributed by atoms with Gasteiger partial charge in [-0.25, -0.2) is 0 Å². The van der Waals surface area contributed by atoms with Crippen LogP contribution in [0.15, 0.2) is 0 Å². The van der Waals surface area contributed by atoms with Crippen LogP contribution in [-0.2, 0) is 28.9 Å². The van der Waals surface area contributed by atoms with E-state index in [-0.39, 0.29) is 12.5 Å². The van der Waals surface area contributed by atoms with Crippen molar-refractivity contribution in [3.05, 3.63) is 11.4 Å². The van der Waals surface area contributed by atoms with E-state index in [1.165, 1.54) is 0 Å². The highest BCUT2D eigenvalue weighted by molar-refractivity contribution is 5.75. The van der Waals surface area contributed by atoms with Gasteiger partial charge in [0.2, 0.25) is 5.91 Å². The standard InChI is InChI=1S/C12H22N4O2/c1-4-9-12(13)10(5-2)16(15-9)8-11(17)14-6-7-18-3/h4-8,13H2,1-3H3,(H,14,17). The highest BCUT2D eigenvalue weighted by atomic mass is 16.5. The second-order valence-electron chi connectivity index (χ2n) is 4.01. The molecular formula is C12H22N4O2. The number of nitrogen functional groups attached to an aromatic ring is 1. The highest BCUT2D eigenvalue weighted by Crippen LogP contribution is 2.18. The lowest BCUT2D eigenvalue weighted by Gasteiger charge is -2.07. The number of nitrogens with zero attached hydrogens (tertiary/aromatic N) is 2. The first-order chi connectivity index (χ1) is 8.63. The summed E-state index contributed by atoms with van der Waals surface area (Å²) in [5, 5.41) is 7.13. The van der Waals surface area contributed by atoms with Crippen LogP contribution >= 0.6 is 0 Å². The Balaban J connectivity index is 2.68. The van der Waals surface area contributed by atoms with Gasteiger partial charge < -0.3 is 15.8 Å². The van der Waals surface area contributed by atoms with E-state index in [0.29, 0.717) is 18.8 Å². The van der Waals surface area contributed by atoms with Crippen molar-refractivity contribution in [2.75, 3.05) is 26.0 Å². The maximum atomic E-state index is 11.7. The molecule has 102 valence electrons. The lowest BCUT2D eigenvalue weighted by atomic mass is 10.2. The summed E-state index contributed by atoms with van der Waals surface area (Å²) in [6, 6.07) is 0. The zero-order valence-electron chi connectivity index (χ0n) is 11.3. The van der Waals surface area contributed by atoms with E-state index in [4.69, 9.17) is 10.5 Å². The third kappa shape index (κ3) is 3.46. The van der Waals surface area contributed by atoms with E-state index in [2.05, 4.69) is 10.4 Å². The number of carbonyl (C=O) groups excluding carboxylic acids is 1. The van der Waals surface area contributed by atoms with Gasteiger partial charge in [-0.2, -0.15) is 5.10 Å². The number of hydrogen-bond acceptors (Lipinski definition) is 4.